The second-order valence-corrected chi connectivity index (χ2v) is 2.64. The van der Waals surface area contributed by atoms with Crippen LogP contribution >= 0.6 is 0 Å². The molecule has 0 atom stereocenters. The number of rotatable bonds is 3. The van der Waals surface area contributed by atoms with Gasteiger partial charge in [0, 0.05) is 6.54 Å². The fraction of sp³-hybridized carbons (Fsp3) is 0.200. The summed E-state index contributed by atoms with van der Waals surface area (Å²) < 4.78 is 5.03. The highest BCUT2D eigenvalue weighted by Gasteiger charge is 1.97. The molecular formula is C10H14N2O. The van der Waals surface area contributed by atoms with Crippen molar-refractivity contribution in [2.45, 2.75) is 0 Å². The molecule has 0 saturated heterocycles. The molecule has 0 spiro atoms. The predicted octanol–water partition coefficient (Wildman–Crippen LogP) is 1.25. The molecule has 70 valence electrons. The average molecular weight is 178 g/mol. The molecule has 0 amide bonds. The Morgan fingerprint density at radius 2 is 2.23 bits per heavy atom. The standard InChI is InChI=1S/C10H14N2O/c1-13-10-5-4-8(3-2-6-11)7-9(10)12/h2-5,7H,6,11-12H2,1H3/b3-2+. The van der Waals surface area contributed by atoms with Crippen LogP contribution in [0, 0.1) is 0 Å². The fourth-order valence-electron chi connectivity index (χ4n) is 1.06. The first kappa shape index (κ1) is 9.61. The molecule has 0 fully saturated rings. The van der Waals surface area contributed by atoms with Crippen LogP contribution in [0.3, 0.4) is 0 Å². The zero-order chi connectivity index (χ0) is 9.68. The van der Waals surface area contributed by atoms with Crippen LogP contribution in [0.1, 0.15) is 5.56 Å². The summed E-state index contributed by atoms with van der Waals surface area (Å²) >= 11 is 0. The highest BCUT2D eigenvalue weighted by Crippen LogP contribution is 2.22. The van der Waals surface area contributed by atoms with Crippen LogP contribution in [0.25, 0.3) is 6.08 Å². The number of ether oxygens (including phenoxy) is 1. The van der Waals surface area contributed by atoms with E-state index >= 15 is 0 Å². The van der Waals surface area contributed by atoms with Gasteiger partial charge in [0.2, 0.25) is 0 Å². The minimum Gasteiger partial charge on any atom is -0.495 e. The summed E-state index contributed by atoms with van der Waals surface area (Å²) in [6, 6.07) is 5.62. The molecule has 1 aromatic carbocycles. The van der Waals surface area contributed by atoms with Crippen molar-refractivity contribution in [1.29, 1.82) is 0 Å². The highest BCUT2D eigenvalue weighted by molar-refractivity contribution is 5.61. The molecule has 1 rings (SSSR count). The Morgan fingerprint density at radius 3 is 2.77 bits per heavy atom. The van der Waals surface area contributed by atoms with Crippen molar-refractivity contribution in [3.05, 3.63) is 29.8 Å². The van der Waals surface area contributed by atoms with E-state index in [2.05, 4.69) is 0 Å². The molecular weight excluding hydrogens is 164 g/mol. The lowest BCUT2D eigenvalue weighted by Crippen LogP contribution is -1.93. The van der Waals surface area contributed by atoms with E-state index in [1.807, 2.05) is 30.4 Å². The molecule has 0 radical (unpaired) electrons. The van der Waals surface area contributed by atoms with E-state index in [0.29, 0.717) is 18.0 Å². The van der Waals surface area contributed by atoms with Crippen LogP contribution in [0.2, 0.25) is 0 Å². The number of hydrogen-bond acceptors (Lipinski definition) is 3. The third-order valence-electron chi connectivity index (χ3n) is 1.70. The molecule has 0 aliphatic heterocycles. The number of nitrogens with two attached hydrogens (primary N) is 2. The van der Waals surface area contributed by atoms with Gasteiger partial charge in [0.1, 0.15) is 5.75 Å². The minimum absolute atomic E-state index is 0.534. The second-order valence-electron chi connectivity index (χ2n) is 2.64. The molecule has 0 unspecified atom stereocenters. The maximum absolute atomic E-state index is 5.71. The van der Waals surface area contributed by atoms with Crippen molar-refractivity contribution >= 4 is 11.8 Å². The van der Waals surface area contributed by atoms with Gasteiger partial charge in [0.15, 0.2) is 0 Å². The Balaban J connectivity index is 2.89. The summed E-state index contributed by atoms with van der Waals surface area (Å²) in [6.07, 6.45) is 3.80. The fourth-order valence-corrected chi connectivity index (χ4v) is 1.06. The topological polar surface area (TPSA) is 61.3 Å². The Labute approximate surface area is 78.0 Å². The van der Waals surface area contributed by atoms with Gasteiger partial charge in [-0.2, -0.15) is 0 Å². The van der Waals surface area contributed by atoms with Crippen molar-refractivity contribution in [2.24, 2.45) is 5.73 Å². The van der Waals surface area contributed by atoms with Crippen molar-refractivity contribution in [3.63, 3.8) is 0 Å². The van der Waals surface area contributed by atoms with Gasteiger partial charge in [0.25, 0.3) is 0 Å². The molecule has 0 aromatic heterocycles. The first-order valence-electron chi connectivity index (χ1n) is 4.08. The third kappa shape index (κ3) is 2.49. The average Bonchev–Trinajstić information content (AvgIpc) is 2.15. The van der Waals surface area contributed by atoms with E-state index in [9.17, 15) is 0 Å². The zero-order valence-corrected chi connectivity index (χ0v) is 7.66. The van der Waals surface area contributed by atoms with Gasteiger partial charge < -0.3 is 16.2 Å². The van der Waals surface area contributed by atoms with Crippen LogP contribution < -0.4 is 16.2 Å². The van der Waals surface area contributed by atoms with E-state index in [0.717, 1.165) is 5.56 Å². The summed E-state index contributed by atoms with van der Waals surface area (Å²) in [7, 11) is 1.60. The Morgan fingerprint density at radius 1 is 1.46 bits per heavy atom. The van der Waals surface area contributed by atoms with Crippen LogP contribution in [0.4, 0.5) is 5.69 Å². The molecule has 0 aliphatic carbocycles. The Bertz CT molecular complexity index is 308. The molecule has 3 nitrogen and oxygen atoms in total. The van der Waals surface area contributed by atoms with Crippen molar-refractivity contribution in [2.75, 3.05) is 19.4 Å². The largest absolute Gasteiger partial charge is 0.495 e. The summed E-state index contributed by atoms with van der Waals surface area (Å²) in [6.45, 7) is 0.534. The lowest BCUT2D eigenvalue weighted by molar-refractivity contribution is 0.417. The van der Waals surface area contributed by atoms with Gasteiger partial charge in [-0.1, -0.05) is 18.2 Å². The van der Waals surface area contributed by atoms with E-state index < -0.39 is 0 Å². The van der Waals surface area contributed by atoms with Crippen LogP contribution in [0.15, 0.2) is 24.3 Å². The maximum Gasteiger partial charge on any atom is 0.141 e. The van der Waals surface area contributed by atoms with E-state index in [1.54, 1.807) is 7.11 Å². The number of benzene rings is 1. The lowest BCUT2D eigenvalue weighted by Gasteiger charge is -2.04. The molecule has 4 N–H and O–H groups in total. The van der Waals surface area contributed by atoms with Gasteiger partial charge in [-0.15, -0.1) is 0 Å². The molecule has 0 aliphatic rings. The maximum atomic E-state index is 5.71. The van der Waals surface area contributed by atoms with Gasteiger partial charge in [0.05, 0.1) is 12.8 Å². The van der Waals surface area contributed by atoms with Gasteiger partial charge in [-0.3, -0.25) is 0 Å². The molecule has 0 heterocycles. The van der Waals surface area contributed by atoms with Crippen LogP contribution in [-0.4, -0.2) is 13.7 Å². The van der Waals surface area contributed by atoms with Crippen LogP contribution in [-0.2, 0) is 0 Å². The van der Waals surface area contributed by atoms with E-state index in [-0.39, 0.29) is 0 Å². The monoisotopic (exact) mass is 178 g/mol. The Hall–Kier alpha value is -1.48. The summed E-state index contributed by atoms with van der Waals surface area (Å²) in [4.78, 5) is 0. The molecule has 1 aromatic rings. The summed E-state index contributed by atoms with van der Waals surface area (Å²) in [5.41, 5.74) is 12.7. The summed E-state index contributed by atoms with van der Waals surface area (Å²) in [5, 5.41) is 0. The number of hydrogen-bond donors (Lipinski definition) is 2. The number of methoxy groups -OCH3 is 1. The third-order valence-corrected chi connectivity index (χ3v) is 1.70. The first-order valence-corrected chi connectivity index (χ1v) is 4.08. The molecule has 0 saturated carbocycles. The Kier molecular flexibility index (Phi) is 3.34. The van der Waals surface area contributed by atoms with E-state index in [1.165, 1.54) is 0 Å². The minimum atomic E-state index is 0.534. The van der Waals surface area contributed by atoms with E-state index in [4.69, 9.17) is 16.2 Å². The first-order chi connectivity index (χ1) is 6.27. The SMILES string of the molecule is COc1ccc(/C=C/CN)cc1N. The van der Waals surface area contributed by atoms with Crippen molar-refractivity contribution in [1.82, 2.24) is 0 Å². The molecule has 0 bridgehead atoms. The number of anilines is 1. The number of nitrogen functional groups attached to an aromatic ring is 1. The van der Waals surface area contributed by atoms with Crippen molar-refractivity contribution in [3.8, 4) is 5.75 Å². The smallest absolute Gasteiger partial charge is 0.141 e. The van der Waals surface area contributed by atoms with Gasteiger partial charge >= 0.3 is 0 Å². The van der Waals surface area contributed by atoms with Gasteiger partial charge in [-0.05, 0) is 17.7 Å². The quantitative estimate of drug-likeness (QED) is 0.685. The lowest BCUT2D eigenvalue weighted by atomic mass is 10.2. The normalized spacial score (nSPS) is 10.6. The highest BCUT2D eigenvalue weighted by atomic mass is 16.5. The van der Waals surface area contributed by atoms with Gasteiger partial charge in [-0.25, -0.2) is 0 Å². The summed E-state index contributed by atoms with van der Waals surface area (Å²) in [5.74, 6) is 0.699. The zero-order valence-electron chi connectivity index (χ0n) is 7.66. The van der Waals surface area contributed by atoms with Crippen molar-refractivity contribution < 1.29 is 4.74 Å². The van der Waals surface area contributed by atoms with Crippen LogP contribution in [0.5, 0.6) is 5.75 Å². The second kappa shape index (κ2) is 4.52. The molecule has 3 heteroatoms. The predicted molar refractivity (Wildman–Crippen MR) is 55.5 cm³/mol. The molecule has 13 heavy (non-hydrogen) atoms.